The minimum atomic E-state index is -0.536. The molecule has 0 atom stereocenters. The molecule has 1 aromatic carbocycles. The van der Waals surface area contributed by atoms with Gasteiger partial charge >= 0.3 is 6.16 Å². The molecule has 3 heteroatoms. The summed E-state index contributed by atoms with van der Waals surface area (Å²) in [5.41, 5.74) is 0.700. The highest BCUT2D eigenvalue weighted by atomic mass is 16.7. The molecule has 1 aromatic rings. The van der Waals surface area contributed by atoms with Crippen molar-refractivity contribution in [2.45, 2.75) is 37.7 Å². The van der Waals surface area contributed by atoms with Gasteiger partial charge in [0, 0.05) is 11.8 Å². The van der Waals surface area contributed by atoms with Crippen molar-refractivity contribution in [3.63, 3.8) is 0 Å². The number of carbonyl (C=O) groups is 1. The Morgan fingerprint density at radius 3 is 2.10 bits per heavy atom. The van der Waals surface area contributed by atoms with Crippen LogP contribution in [0.5, 0.6) is 0 Å². The van der Waals surface area contributed by atoms with Crippen LogP contribution in [0.1, 0.15) is 37.7 Å². The average molecular weight is 286 g/mol. The molecule has 0 amide bonds. The van der Waals surface area contributed by atoms with Crippen LogP contribution >= 0.6 is 0 Å². The Morgan fingerprint density at radius 1 is 1.00 bits per heavy atom. The molecule has 4 saturated carbocycles. The number of benzene rings is 1. The van der Waals surface area contributed by atoms with E-state index in [9.17, 15) is 4.79 Å². The van der Waals surface area contributed by atoms with Gasteiger partial charge < -0.3 is 9.47 Å². The van der Waals surface area contributed by atoms with Gasteiger partial charge in [0.15, 0.2) is 0 Å². The van der Waals surface area contributed by atoms with Crippen molar-refractivity contribution in [1.82, 2.24) is 0 Å². The molecule has 0 spiro atoms. The van der Waals surface area contributed by atoms with E-state index in [1.54, 1.807) is 0 Å². The second-order valence-electron chi connectivity index (χ2n) is 7.02. The number of carbonyl (C=O) groups excluding carboxylic acids is 1. The smallest absolute Gasteiger partial charge is 0.438 e. The van der Waals surface area contributed by atoms with E-state index in [-0.39, 0.29) is 0 Å². The van der Waals surface area contributed by atoms with Gasteiger partial charge in [-0.05, 0) is 49.5 Å². The fourth-order valence-corrected chi connectivity index (χ4v) is 5.46. The molecule has 0 aromatic heterocycles. The van der Waals surface area contributed by atoms with E-state index >= 15 is 0 Å². The maximum absolute atomic E-state index is 11.9. The zero-order valence-electron chi connectivity index (χ0n) is 12.5. The third-order valence-corrected chi connectivity index (χ3v) is 5.99. The fraction of sp³-hybridized carbons (Fsp3) is 0.611. The van der Waals surface area contributed by atoms with E-state index in [1.165, 1.54) is 39.2 Å². The second kappa shape index (κ2) is 4.75. The van der Waals surface area contributed by atoms with Gasteiger partial charge in [-0.2, -0.15) is 0 Å². The number of ether oxygens (including phenoxy) is 2. The Bertz CT molecular complexity index is 509. The van der Waals surface area contributed by atoms with Gasteiger partial charge in [0.05, 0.1) is 7.11 Å². The summed E-state index contributed by atoms with van der Waals surface area (Å²) in [5, 5.41) is 0. The van der Waals surface area contributed by atoms with Crippen molar-refractivity contribution in [3.8, 4) is 0 Å². The monoisotopic (exact) mass is 286 g/mol. The summed E-state index contributed by atoms with van der Waals surface area (Å²) in [6.07, 6.45) is 5.62. The first-order valence-electron chi connectivity index (χ1n) is 8.05. The van der Waals surface area contributed by atoms with Crippen molar-refractivity contribution in [2.24, 2.45) is 23.7 Å². The highest BCUT2D eigenvalue weighted by Crippen LogP contribution is 2.63. The van der Waals surface area contributed by atoms with Crippen LogP contribution in [0.4, 0.5) is 4.79 Å². The Balaban J connectivity index is 1.79. The molecule has 5 rings (SSSR count). The van der Waals surface area contributed by atoms with Crippen molar-refractivity contribution in [1.29, 1.82) is 0 Å². The third-order valence-electron chi connectivity index (χ3n) is 5.99. The lowest BCUT2D eigenvalue weighted by atomic mass is 9.48. The molecule has 0 heterocycles. The first-order valence-corrected chi connectivity index (χ1v) is 8.05. The first-order chi connectivity index (χ1) is 10.2. The summed E-state index contributed by atoms with van der Waals surface area (Å²) >= 11 is 0. The van der Waals surface area contributed by atoms with Crippen molar-refractivity contribution < 1.29 is 14.3 Å². The van der Waals surface area contributed by atoms with Crippen LogP contribution in [-0.4, -0.2) is 13.3 Å². The molecular weight excluding hydrogens is 264 g/mol. The van der Waals surface area contributed by atoms with Gasteiger partial charge in [-0.15, -0.1) is 0 Å². The lowest BCUT2D eigenvalue weighted by molar-refractivity contribution is -0.189. The number of hydrogen-bond acceptors (Lipinski definition) is 3. The average Bonchev–Trinajstić information content (AvgIpc) is 2.51. The van der Waals surface area contributed by atoms with E-state index in [0.717, 1.165) is 17.4 Å². The quantitative estimate of drug-likeness (QED) is 0.767. The molecule has 0 N–H and O–H groups in total. The van der Waals surface area contributed by atoms with Gasteiger partial charge in [0.2, 0.25) is 0 Å². The molecule has 4 aliphatic carbocycles. The normalized spacial score (nSPS) is 40.0. The highest BCUT2D eigenvalue weighted by molar-refractivity contribution is 5.61. The molecule has 0 aliphatic heterocycles. The first kappa shape index (κ1) is 13.2. The van der Waals surface area contributed by atoms with Gasteiger partial charge in [-0.3, -0.25) is 0 Å². The van der Waals surface area contributed by atoms with Crippen LogP contribution in [0.25, 0.3) is 0 Å². The van der Waals surface area contributed by atoms with Crippen LogP contribution in [0, 0.1) is 23.7 Å². The van der Waals surface area contributed by atoms with Gasteiger partial charge in [0.1, 0.15) is 5.60 Å². The molecule has 3 nitrogen and oxygen atoms in total. The largest absolute Gasteiger partial charge is 0.508 e. The molecule has 21 heavy (non-hydrogen) atoms. The second-order valence-corrected chi connectivity index (χ2v) is 7.02. The van der Waals surface area contributed by atoms with E-state index in [0.29, 0.717) is 11.8 Å². The Hall–Kier alpha value is -1.51. The molecule has 112 valence electrons. The Morgan fingerprint density at radius 2 is 1.57 bits per heavy atom. The van der Waals surface area contributed by atoms with Gasteiger partial charge in [0.25, 0.3) is 0 Å². The van der Waals surface area contributed by atoms with Crippen LogP contribution in [0.3, 0.4) is 0 Å². The van der Waals surface area contributed by atoms with E-state index in [1.807, 2.05) is 18.2 Å². The van der Waals surface area contributed by atoms with E-state index < -0.39 is 11.8 Å². The molecule has 0 radical (unpaired) electrons. The summed E-state index contributed by atoms with van der Waals surface area (Å²) in [6.45, 7) is 0. The van der Waals surface area contributed by atoms with Gasteiger partial charge in [-0.25, -0.2) is 4.79 Å². The summed E-state index contributed by atoms with van der Waals surface area (Å²) in [5.74, 6) is 2.58. The van der Waals surface area contributed by atoms with Crippen molar-refractivity contribution in [3.05, 3.63) is 35.9 Å². The minimum absolute atomic E-state index is 0.454. The molecule has 4 aliphatic rings. The fourth-order valence-electron chi connectivity index (χ4n) is 5.46. The lowest BCUT2D eigenvalue weighted by Gasteiger charge is -2.60. The van der Waals surface area contributed by atoms with Gasteiger partial charge in [-0.1, -0.05) is 30.3 Å². The van der Waals surface area contributed by atoms with E-state index in [2.05, 4.69) is 12.1 Å². The maximum Gasteiger partial charge on any atom is 0.508 e. The summed E-state index contributed by atoms with van der Waals surface area (Å²) in [4.78, 5) is 11.9. The molecule has 4 bridgehead atoms. The SMILES string of the molecule is COC(=O)OC1(c2ccccc2)C2CC3CC(C2)CC1C3. The minimum Gasteiger partial charge on any atom is -0.438 e. The van der Waals surface area contributed by atoms with Crippen molar-refractivity contribution >= 4 is 6.16 Å². The van der Waals surface area contributed by atoms with Crippen LogP contribution < -0.4 is 0 Å². The topological polar surface area (TPSA) is 35.5 Å². The molecular formula is C18H22O3. The predicted octanol–water partition coefficient (Wildman–Crippen LogP) is 4.12. The van der Waals surface area contributed by atoms with E-state index in [4.69, 9.17) is 9.47 Å². The Labute approximate surface area is 125 Å². The number of hydrogen-bond donors (Lipinski definition) is 0. The number of methoxy groups -OCH3 is 1. The molecule has 4 fully saturated rings. The Kier molecular flexibility index (Phi) is 2.98. The highest BCUT2D eigenvalue weighted by Gasteiger charge is 2.60. The summed E-state index contributed by atoms with van der Waals surface area (Å²) in [7, 11) is 1.40. The number of rotatable bonds is 2. The van der Waals surface area contributed by atoms with Crippen molar-refractivity contribution in [2.75, 3.05) is 7.11 Å². The third kappa shape index (κ3) is 1.90. The molecule has 0 unspecified atom stereocenters. The zero-order valence-corrected chi connectivity index (χ0v) is 12.5. The van der Waals surface area contributed by atoms with Crippen LogP contribution in [0.2, 0.25) is 0 Å². The standard InChI is InChI=1S/C18H22O3/c1-20-17(19)21-18(14-5-3-2-4-6-14)15-8-12-7-13(10-15)11-16(18)9-12/h2-6,12-13,15-16H,7-11H2,1H3. The molecule has 0 saturated heterocycles. The van der Waals surface area contributed by atoms with Crippen LogP contribution in [-0.2, 0) is 15.1 Å². The zero-order chi connectivity index (χ0) is 14.4. The summed E-state index contributed by atoms with van der Waals surface area (Å²) < 4.78 is 10.8. The summed E-state index contributed by atoms with van der Waals surface area (Å²) in [6, 6.07) is 10.3. The van der Waals surface area contributed by atoms with Crippen LogP contribution in [0.15, 0.2) is 30.3 Å². The lowest BCUT2D eigenvalue weighted by Crippen LogP contribution is -2.57. The maximum atomic E-state index is 11.9. The predicted molar refractivity (Wildman–Crippen MR) is 78.7 cm³/mol.